The topological polar surface area (TPSA) is 34.1 Å². The van der Waals surface area contributed by atoms with Gasteiger partial charge in [0.2, 0.25) is 0 Å². The number of aromatic nitrogens is 1. The summed E-state index contributed by atoms with van der Waals surface area (Å²) in [4.78, 5) is 4.29. The van der Waals surface area contributed by atoms with Gasteiger partial charge in [0.25, 0.3) is 0 Å². The molecule has 0 fully saturated rings. The number of hydrogen-bond donors (Lipinski definition) is 1. The average Bonchev–Trinajstić information content (AvgIpc) is 2.55. The molecule has 122 valence electrons. The Bertz CT molecular complexity index is 863. The Kier molecular flexibility index (Phi) is 5.16. The Morgan fingerprint density at radius 1 is 1.00 bits per heavy atom. The number of methoxy groups -OCH3 is 1. The predicted molar refractivity (Wildman–Crippen MR) is 101 cm³/mol. The summed E-state index contributed by atoms with van der Waals surface area (Å²) in [5.41, 5.74) is 2.63. The van der Waals surface area contributed by atoms with E-state index >= 15 is 0 Å². The lowest BCUT2D eigenvalue weighted by molar-refractivity contribution is 0.409. The summed E-state index contributed by atoms with van der Waals surface area (Å²) in [5, 5.41) is 3.11. The molecule has 0 atom stereocenters. The van der Waals surface area contributed by atoms with Gasteiger partial charge < -0.3 is 10.1 Å². The lowest BCUT2D eigenvalue weighted by Crippen LogP contribution is -1.94. The number of rotatable bonds is 4. The lowest BCUT2D eigenvalue weighted by Gasteiger charge is -2.11. The normalized spacial score (nSPS) is 10.5. The number of nitrogens with zero attached hydrogens (tertiary/aromatic N) is 1. The van der Waals surface area contributed by atoms with Crippen molar-refractivity contribution >= 4 is 43.4 Å². The van der Waals surface area contributed by atoms with Crippen molar-refractivity contribution in [2.45, 2.75) is 0 Å². The van der Waals surface area contributed by atoms with Gasteiger partial charge in [-0.25, -0.2) is 9.37 Å². The van der Waals surface area contributed by atoms with Gasteiger partial charge in [-0.2, -0.15) is 0 Å². The average molecular weight is 452 g/mol. The minimum Gasteiger partial charge on any atom is -0.494 e. The molecule has 24 heavy (non-hydrogen) atoms. The van der Waals surface area contributed by atoms with Crippen LogP contribution in [0.5, 0.6) is 5.75 Å². The molecule has 1 N–H and O–H groups in total. The summed E-state index contributed by atoms with van der Waals surface area (Å²) in [7, 11) is 1.62. The van der Waals surface area contributed by atoms with Crippen LogP contribution >= 0.6 is 31.9 Å². The number of halogens is 3. The molecule has 0 aliphatic rings. The van der Waals surface area contributed by atoms with E-state index in [1.54, 1.807) is 25.4 Å². The summed E-state index contributed by atoms with van der Waals surface area (Å²) in [6, 6.07) is 14.0. The van der Waals surface area contributed by atoms with Gasteiger partial charge in [-0.15, -0.1) is 0 Å². The van der Waals surface area contributed by atoms with Gasteiger partial charge in [-0.3, -0.25) is 0 Å². The first-order valence-corrected chi connectivity index (χ1v) is 8.67. The summed E-state index contributed by atoms with van der Waals surface area (Å²) in [6.45, 7) is 0. The molecule has 0 saturated carbocycles. The fourth-order valence-electron chi connectivity index (χ4n) is 2.31. The molecule has 3 nitrogen and oxygen atoms in total. The van der Waals surface area contributed by atoms with Gasteiger partial charge in [-0.05, 0) is 85.5 Å². The van der Waals surface area contributed by atoms with Crippen molar-refractivity contribution in [3.05, 3.63) is 69.5 Å². The summed E-state index contributed by atoms with van der Waals surface area (Å²) in [6.07, 6.45) is 1.71. The molecule has 1 aromatic heterocycles. The molecule has 0 bridgehead atoms. The third-order valence-corrected chi connectivity index (χ3v) is 4.57. The van der Waals surface area contributed by atoms with Gasteiger partial charge in [0, 0.05) is 11.9 Å². The molecule has 3 aromatic rings. The van der Waals surface area contributed by atoms with Crippen molar-refractivity contribution < 1.29 is 9.13 Å². The molecule has 1 heterocycles. The second kappa shape index (κ2) is 7.32. The predicted octanol–water partition coefficient (Wildman–Crippen LogP) is 6.16. The highest BCUT2D eigenvalue weighted by molar-refractivity contribution is 9.11. The van der Waals surface area contributed by atoms with Crippen LogP contribution in [0.15, 0.2) is 63.7 Å². The summed E-state index contributed by atoms with van der Waals surface area (Å²) < 4.78 is 20.3. The van der Waals surface area contributed by atoms with Crippen LogP contribution in [0.25, 0.3) is 11.1 Å². The van der Waals surface area contributed by atoms with E-state index in [2.05, 4.69) is 42.2 Å². The van der Waals surface area contributed by atoms with Crippen LogP contribution < -0.4 is 10.1 Å². The SMILES string of the molecule is COc1c(Br)cc(-c2ccnc(Nc3cccc(F)c3)c2)cc1Br. The highest BCUT2D eigenvalue weighted by Crippen LogP contribution is 2.38. The van der Waals surface area contributed by atoms with Crippen LogP contribution in [0.1, 0.15) is 0 Å². The van der Waals surface area contributed by atoms with E-state index in [0.717, 1.165) is 25.8 Å². The van der Waals surface area contributed by atoms with E-state index in [1.165, 1.54) is 12.1 Å². The Balaban J connectivity index is 1.93. The van der Waals surface area contributed by atoms with Crippen LogP contribution in [0.3, 0.4) is 0 Å². The molecule has 6 heteroatoms. The maximum absolute atomic E-state index is 13.3. The zero-order chi connectivity index (χ0) is 17.1. The standard InChI is InChI=1S/C18H13Br2FN2O/c1-24-18-15(19)7-12(8-16(18)20)11-5-6-22-17(9-11)23-14-4-2-3-13(21)10-14/h2-10H,1H3,(H,22,23). The van der Waals surface area contributed by atoms with E-state index in [9.17, 15) is 4.39 Å². The maximum Gasteiger partial charge on any atom is 0.147 e. The van der Waals surface area contributed by atoms with E-state index in [0.29, 0.717) is 11.5 Å². The first-order valence-electron chi connectivity index (χ1n) is 7.09. The quantitative estimate of drug-likeness (QED) is 0.515. The Hall–Kier alpha value is -1.92. The smallest absolute Gasteiger partial charge is 0.147 e. The molecule has 0 aliphatic carbocycles. The zero-order valence-corrected chi connectivity index (χ0v) is 15.9. The third-order valence-electron chi connectivity index (χ3n) is 3.39. The molecule has 0 unspecified atom stereocenters. The van der Waals surface area contributed by atoms with Crippen molar-refractivity contribution in [2.75, 3.05) is 12.4 Å². The van der Waals surface area contributed by atoms with E-state index < -0.39 is 0 Å². The van der Waals surface area contributed by atoms with Crippen LogP contribution in [-0.4, -0.2) is 12.1 Å². The van der Waals surface area contributed by atoms with Crippen molar-refractivity contribution in [1.29, 1.82) is 0 Å². The van der Waals surface area contributed by atoms with Crippen LogP contribution in [0.2, 0.25) is 0 Å². The number of anilines is 2. The lowest BCUT2D eigenvalue weighted by atomic mass is 10.1. The van der Waals surface area contributed by atoms with Crippen molar-refractivity contribution in [1.82, 2.24) is 4.98 Å². The molecule has 0 radical (unpaired) electrons. The van der Waals surface area contributed by atoms with Gasteiger partial charge in [-0.1, -0.05) is 6.07 Å². The minimum atomic E-state index is -0.292. The Morgan fingerprint density at radius 2 is 1.75 bits per heavy atom. The summed E-state index contributed by atoms with van der Waals surface area (Å²) >= 11 is 7.02. The minimum absolute atomic E-state index is 0.292. The largest absolute Gasteiger partial charge is 0.494 e. The fourth-order valence-corrected chi connectivity index (χ4v) is 3.82. The Morgan fingerprint density at radius 3 is 2.42 bits per heavy atom. The molecular weight excluding hydrogens is 439 g/mol. The molecule has 0 amide bonds. The van der Waals surface area contributed by atoms with E-state index in [1.807, 2.05) is 24.3 Å². The number of benzene rings is 2. The van der Waals surface area contributed by atoms with Gasteiger partial charge >= 0.3 is 0 Å². The second-order valence-corrected chi connectivity index (χ2v) is 6.75. The Labute approximate surface area is 156 Å². The highest BCUT2D eigenvalue weighted by atomic mass is 79.9. The second-order valence-electron chi connectivity index (χ2n) is 5.04. The van der Waals surface area contributed by atoms with Gasteiger partial charge in [0.05, 0.1) is 16.1 Å². The maximum atomic E-state index is 13.3. The first-order chi connectivity index (χ1) is 11.6. The van der Waals surface area contributed by atoms with Crippen LogP contribution in [-0.2, 0) is 0 Å². The van der Waals surface area contributed by atoms with Crippen molar-refractivity contribution in [2.24, 2.45) is 0 Å². The number of pyridine rings is 1. The molecule has 0 spiro atoms. The van der Waals surface area contributed by atoms with Crippen LogP contribution in [0, 0.1) is 5.82 Å². The first kappa shape index (κ1) is 16.9. The molecule has 2 aromatic carbocycles. The van der Waals surface area contributed by atoms with Gasteiger partial charge in [0.1, 0.15) is 17.4 Å². The molecular formula is C18H13Br2FN2O. The third kappa shape index (κ3) is 3.76. The van der Waals surface area contributed by atoms with Gasteiger partial charge in [0.15, 0.2) is 0 Å². The summed E-state index contributed by atoms with van der Waals surface area (Å²) in [5.74, 6) is 1.09. The van der Waals surface area contributed by atoms with Crippen molar-refractivity contribution in [3.63, 3.8) is 0 Å². The zero-order valence-electron chi connectivity index (χ0n) is 12.7. The number of ether oxygens (including phenoxy) is 1. The van der Waals surface area contributed by atoms with Crippen LogP contribution in [0.4, 0.5) is 15.9 Å². The number of hydrogen-bond acceptors (Lipinski definition) is 3. The van der Waals surface area contributed by atoms with E-state index in [-0.39, 0.29) is 5.82 Å². The highest BCUT2D eigenvalue weighted by Gasteiger charge is 2.10. The molecule has 0 aliphatic heterocycles. The molecule has 0 saturated heterocycles. The van der Waals surface area contributed by atoms with Crippen molar-refractivity contribution in [3.8, 4) is 16.9 Å². The fraction of sp³-hybridized carbons (Fsp3) is 0.0556. The van der Waals surface area contributed by atoms with E-state index in [4.69, 9.17) is 4.74 Å². The molecule has 3 rings (SSSR count). The number of nitrogens with one attached hydrogen (secondary N) is 1. The monoisotopic (exact) mass is 450 g/mol.